The van der Waals surface area contributed by atoms with Gasteiger partial charge in [-0.25, -0.2) is 0 Å². The molecule has 1 aliphatic heterocycles. The molecule has 1 fully saturated rings. The molecule has 0 radical (unpaired) electrons. The molecule has 0 amide bonds. The second-order valence-electron chi connectivity index (χ2n) is 7.04. The van der Waals surface area contributed by atoms with Crippen molar-refractivity contribution in [3.05, 3.63) is 49.9 Å². The Balaban J connectivity index is 1.70. The van der Waals surface area contributed by atoms with E-state index in [1.807, 2.05) is 22.7 Å². The largest absolute Gasteiger partial charge is 0.481 e. The minimum atomic E-state index is -0.680. The molecule has 1 N–H and O–H groups in total. The zero-order chi connectivity index (χ0) is 18.5. The molecule has 3 rings (SSSR count). The standard InChI is InChI=1S/C21H27NO2S2/c1-15-9-13-25-20(15)18(21-16(2)10-14-26-21)6-4-12-22-11-3-5-17(22)7-8-19(23)24/h6,9-10,13-14,17H,3-5,7-8,11-12H2,1-2H3,(H,23,24)/t17-/m1/s1. The first-order valence-corrected chi connectivity index (χ1v) is 11.1. The van der Waals surface area contributed by atoms with Crippen LogP contribution in [0.2, 0.25) is 0 Å². The number of carboxylic acids is 1. The van der Waals surface area contributed by atoms with Crippen LogP contribution in [0.5, 0.6) is 0 Å². The van der Waals surface area contributed by atoms with E-state index >= 15 is 0 Å². The lowest BCUT2D eigenvalue weighted by molar-refractivity contribution is -0.137. The molecule has 0 saturated carbocycles. The Morgan fingerprint density at radius 1 is 1.23 bits per heavy atom. The van der Waals surface area contributed by atoms with E-state index in [1.54, 1.807) is 0 Å². The first-order chi connectivity index (χ1) is 12.6. The highest BCUT2D eigenvalue weighted by Crippen LogP contribution is 2.35. The quantitative estimate of drug-likeness (QED) is 0.641. The molecule has 3 nitrogen and oxygen atoms in total. The van der Waals surface area contributed by atoms with E-state index in [0.717, 1.165) is 32.4 Å². The minimum Gasteiger partial charge on any atom is -0.481 e. The number of nitrogens with zero attached hydrogens (tertiary/aromatic N) is 1. The van der Waals surface area contributed by atoms with Gasteiger partial charge in [-0.1, -0.05) is 6.08 Å². The lowest BCUT2D eigenvalue weighted by Gasteiger charge is -2.23. The molecule has 0 unspecified atom stereocenters. The van der Waals surface area contributed by atoms with Crippen molar-refractivity contribution in [1.82, 2.24) is 4.90 Å². The lowest BCUT2D eigenvalue weighted by Crippen LogP contribution is -2.30. The molecule has 3 heterocycles. The highest BCUT2D eigenvalue weighted by Gasteiger charge is 2.24. The van der Waals surface area contributed by atoms with Crippen LogP contribution in [0.15, 0.2) is 29.0 Å². The van der Waals surface area contributed by atoms with E-state index in [9.17, 15) is 4.79 Å². The number of likely N-dealkylation sites (tertiary alicyclic amines) is 1. The van der Waals surface area contributed by atoms with Gasteiger partial charge in [-0.15, -0.1) is 22.7 Å². The van der Waals surface area contributed by atoms with Crippen LogP contribution >= 0.6 is 22.7 Å². The zero-order valence-electron chi connectivity index (χ0n) is 15.5. The van der Waals surface area contributed by atoms with Gasteiger partial charge in [-0.3, -0.25) is 4.79 Å². The van der Waals surface area contributed by atoms with Crippen LogP contribution in [-0.4, -0.2) is 35.1 Å². The van der Waals surface area contributed by atoms with Gasteiger partial charge < -0.3 is 10.0 Å². The van der Waals surface area contributed by atoms with Crippen LogP contribution in [-0.2, 0) is 4.79 Å². The van der Waals surface area contributed by atoms with Gasteiger partial charge in [0.25, 0.3) is 0 Å². The molecule has 1 atom stereocenters. The summed E-state index contributed by atoms with van der Waals surface area (Å²) in [6.45, 7) is 6.49. The van der Waals surface area contributed by atoms with E-state index in [1.165, 1.54) is 32.9 Å². The Bertz CT molecular complexity index is 732. The monoisotopic (exact) mass is 389 g/mol. The number of hydrogen-bond donors (Lipinski definition) is 1. The maximum Gasteiger partial charge on any atom is 0.303 e. The Labute approximate surface area is 164 Å². The van der Waals surface area contributed by atoms with Crippen LogP contribution in [0.25, 0.3) is 5.57 Å². The zero-order valence-corrected chi connectivity index (χ0v) is 17.2. The summed E-state index contributed by atoms with van der Waals surface area (Å²) in [5.41, 5.74) is 4.05. The smallest absolute Gasteiger partial charge is 0.303 e. The Morgan fingerprint density at radius 3 is 2.42 bits per heavy atom. The highest BCUT2D eigenvalue weighted by molar-refractivity contribution is 7.14. The normalized spacial score (nSPS) is 17.5. The van der Waals surface area contributed by atoms with E-state index in [4.69, 9.17) is 5.11 Å². The summed E-state index contributed by atoms with van der Waals surface area (Å²) in [5.74, 6) is -0.680. The molecule has 0 aliphatic carbocycles. The number of carbonyl (C=O) groups is 1. The molecule has 2 aromatic heterocycles. The van der Waals surface area contributed by atoms with E-state index < -0.39 is 5.97 Å². The summed E-state index contributed by atoms with van der Waals surface area (Å²) < 4.78 is 0. The molecule has 0 aromatic carbocycles. The van der Waals surface area contributed by atoms with Crippen LogP contribution < -0.4 is 0 Å². The third-order valence-electron chi connectivity index (χ3n) is 5.17. The Kier molecular flexibility index (Phi) is 6.68. The number of rotatable bonds is 8. The Hall–Kier alpha value is -1.43. The van der Waals surface area contributed by atoms with Crippen LogP contribution in [0.3, 0.4) is 0 Å². The average molecular weight is 390 g/mol. The van der Waals surface area contributed by atoms with Crippen molar-refractivity contribution in [2.75, 3.05) is 13.1 Å². The van der Waals surface area contributed by atoms with Crippen molar-refractivity contribution in [1.29, 1.82) is 0 Å². The average Bonchev–Trinajstić information content (AvgIpc) is 3.32. The van der Waals surface area contributed by atoms with Gasteiger partial charge in [0.2, 0.25) is 0 Å². The molecule has 0 bridgehead atoms. The van der Waals surface area contributed by atoms with Crippen molar-refractivity contribution in [3.63, 3.8) is 0 Å². The number of aliphatic carboxylic acids is 1. The SMILES string of the molecule is Cc1ccsc1C(=CCCN1CCC[C@@H]1CCC(=O)O)c1sccc1C. The van der Waals surface area contributed by atoms with E-state index in [0.29, 0.717) is 6.04 Å². The topological polar surface area (TPSA) is 40.5 Å². The van der Waals surface area contributed by atoms with E-state index in [2.05, 4.69) is 47.7 Å². The van der Waals surface area contributed by atoms with Crippen LogP contribution in [0.4, 0.5) is 0 Å². The first-order valence-electron chi connectivity index (χ1n) is 9.31. The third-order valence-corrected chi connectivity index (χ3v) is 7.27. The first kappa shape index (κ1) is 19.3. The summed E-state index contributed by atoms with van der Waals surface area (Å²) in [6.07, 6.45) is 6.79. The van der Waals surface area contributed by atoms with Gasteiger partial charge >= 0.3 is 5.97 Å². The van der Waals surface area contributed by atoms with Crippen molar-refractivity contribution in [2.24, 2.45) is 0 Å². The van der Waals surface area contributed by atoms with Gasteiger partial charge in [-0.05, 0) is 80.1 Å². The lowest BCUT2D eigenvalue weighted by atomic mass is 10.0. The molecule has 140 valence electrons. The molecular formula is C21H27NO2S2. The van der Waals surface area contributed by atoms with Gasteiger partial charge in [-0.2, -0.15) is 0 Å². The molecule has 1 saturated heterocycles. The highest BCUT2D eigenvalue weighted by atomic mass is 32.1. The Morgan fingerprint density at radius 2 is 1.88 bits per heavy atom. The fourth-order valence-electron chi connectivity index (χ4n) is 3.77. The summed E-state index contributed by atoms with van der Waals surface area (Å²) in [6, 6.07) is 4.83. The second-order valence-corrected chi connectivity index (χ2v) is 8.87. The summed E-state index contributed by atoms with van der Waals surface area (Å²) >= 11 is 3.64. The second kappa shape index (κ2) is 8.98. The third kappa shape index (κ3) is 4.64. The summed E-state index contributed by atoms with van der Waals surface area (Å²) in [7, 11) is 0. The number of aryl methyl sites for hydroxylation is 2. The molecule has 2 aromatic rings. The van der Waals surface area contributed by atoms with Gasteiger partial charge in [0.15, 0.2) is 0 Å². The number of thiophene rings is 2. The molecular weight excluding hydrogens is 362 g/mol. The number of hydrogen-bond acceptors (Lipinski definition) is 4. The minimum absolute atomic E-state index is 0.283. The molecule has 5 heteroatoms. The maximum absolute atomic E-state index is 10.9. The number of carboxylic acid groups (broad SMARTS) is 1. The molecule has 0 spiro atoms. The fourth-order valence-corrected chi connectivity index (χ4v) is 5.78. The van der Waals surface area contributed by atoms with Crippen molar-refractivity contribution in [2.45, 2.75) is 52.0 Å². The summed E-state index contributed by atoms with van der Waals surface area (Å²) in [4.78, 5) is 16.1. The fraction of sp³-hybridized carbons (Fsp3) is 0.476. The van der Waals surface area contributed by atoms with Gasteiger partial charge in [0.05, 0.1) is 0 Å². The van der Waals surface area contributed by atoms with Crippen molar-refractivity contribution >= 4 is 34.2 Å². The van der Waals surface area contributed by atoms with Crippen LogP contribution in [0, 0.1) is 13.8 Å². The summed E-state index contributed by atoms with van der Waals surface area (Å²) in [5, 5.41) is 13.3. The molecule has 1 aliphatic rings. The maximum atomic E-state index is 10.9. The van der Waals surface area contributed by atoms with Gasteiger partial charge in [0.1, 0.15) is 0 Å². The molecule has 26 heavy (non-hydrogen) atoms. The predicted octanol–water partition coefficient (Wildman–Crippen LogP) is 5.58. The van der Waals surface area contributed by atoms with E-state index in [-0.39, 0.29) is 6.42 Å². The van der Waals surface area contributed by atoms with Gasteiger partial charge in [0, 0.05) is 34.3 Å². The van der Waals surface area contributed by atoms with Crippen molar-refractivity contribution in [3.8, 4) is 0 Å². The predicted molar refractivity (Wildman–Crippen MR) is 111 cm³/mol. The van der Waals surface area contributed by atoms with Crippen molar-refractivity contribution < 1.29 is 9.90 Å². The van der Waals surface area contributed by atoms with Crippen LogP contribution in [0.1, 0.15) is 53.0 Å².